The van der Waals surface area contributed by atoms with Gasteiger partial charge in [-0.3, -0.25) is 14.3 Å². The first-order chi connectivity index (χ1) is 17.2. The van der Waals surface area contributed by atoms with Crippen molar-refractivity contribution in [3.8, 4) is 34.9 Å². The number of aliphatic hydroxyl groups excluding tert-OH is 1. The third-order valence-electron chi connectivity index (χ3n) is 5.91. The highest BCUT2D eigenvalue weighted by molar-refractivity contribution is 7.39. The molecule has 3 unspecified atom stereocenters. The number of carbonyl (C=O) groups excluding carboxylic acids is 1. The maximum absolute atomic E-state index is 13.8. The standard InChI is InChI=1S/C28H29FNO5P/c1-6-35-25(32)16-24(31)28(36(33)34-5)26-22(19-11-13-20(29)14-12-19)15-23(30-27(26)17(2)3)21-10-8-7-9-18(21)4/h1,7-15,17,24,28,31,36H,16H2,2-5H3. The van der Waals surface area contributed by atoms with Crippen LogP contribution in [0.25, 0.3) is 22.4 Å². The van der Waals surface area contributed by atoms with Crippen LogP contribution >= 0.6 is 8.03 Å². The van der Waals surface area contributed by atoms with Crippen LogP contribution in [0.5, 0.6) is 0 Å². The van der Waals surface area contributed by atoms with Gasteiger partial charge in [0.2, 0.25) is 8.03 Å². The van der Waals surface area contributed by atoms with E-state index in [9.17, 15) is 18.9 Å². The summed E-state index contributed by atoms with van der Waals surface area (Å²) in [7, 11) is -1.65. The molecule has 1 N–H and O–H groups in total. The van der Waals surface area contributed by atoms with Crippen LogP contribution in [0, 0.1) is 25.3 Å². The zero-order chi connectivity index (χ0) is 26.4. The lowest BCUT2D eigenvalue weighted by Crippen LogP contribution is -2.23. The Morgan fingerprint density at radius 3 is 2.42 bits per heavy atom. The molecular weight excluding hydrogens is 480 g/mol. The lowest BCUT2D eigenvalue weighted by atomic mass is 9.88. The highest BCUT2D eigenvalue weighted by Crippen LogP contribution is 2.50. The number of esters is 1. The van der Waals surface area contributed by atoms with E-state index in [-0.39, 0.29) is 5.92 Å². The second kappa shape index (κ2) is 12.1. The van der Waals surface area contributed by atoms with E-state index in [2.05, 4.69) is 4.74 Å². The lowest BCUT2D eigenvalue weighted by Gasteiger charge is -2.28. The summed E-state index contributed by atoms with van der Waals surface area (Å²) in [4.78, 5) is 17.0. The van der Waals surface area contributed by atoms with Gasteiger partial charge in [0.1, 0.15) is 11.9 Å². The Labute approximate surface area is 211 Å². The summed E-state index contributed by atoms with van der Waals surface area (Å²) in [6.45, 7) is 5.84. The fraction of sp³-hybridized carbons (Fsp3) is 0.286. The van der Waals surface area contributed by atoms with Gasteiger partial charge in [0.05, 0.1) is 23.9 Å². The minimum absolute atomic E-state index is 0.151. The number of ether oxygens (including phenoxy) is 1. The number of aryl methyl sites for hydroxylation is 1. The molecular formula is C28H29FNO5P. The van der Waals surface area contributed by atoms with Crippen LogP contribution in [-0.4, -0.2) is 29.3 Å². The van der Waals surface area contributed by atoms with E-state index < -0.39 is 38.0 Å². The van der Waals surface area contributed by atoms with Gasteiger partial charge in [0, 0.05) is 18.4 Å². The summed E-state index contributed by atoms with van der Waals surface area (Å²) in [5, 5.41) is 11.1. The second-order valence-corrected chi connectivity index (χ2v) is 10.4. The van der Waals surface area contributed by atoms with Crippen molar-refractivity contribution in [2.24, 2.45) is 0 Å². The number of benzene rings is 2. The number of carbonyl (C=O) groups is 1. The highest BCUT2D eigenvalue weighted by Gasteiger charge is 2.35. The molecule has 3 aromatic rings. The van der Waals surface area contributed by atoms with Crippen molar-refractivity contribution in [2.45, 2.75) is 44.9 Å². The first-order valence-corrected chi connectivity index (χ1v) is 12.8. The number of terminal acetylenes is 1. The monoisotopic (exact) mass is 509 g/mol. The SMILES string of the molecule is C#COC(=O)CC(O)C(c1c(-c2ccc(F)cc2)cc(-c2ccccc2C)nc1C(C)C)[PH](=O)OC. The van der Waals surface area contributed by atoms with Crippen molar-refractivity contribution in [1.82, 2.24) is 4.98 Å². The molecule has 0 aliphatic carbocycles. The molecule has 0 fully saturated rings. The smallest absolute Gasteiger partial charge is 0.322 e. The van der Waals surface area contributed by atoms with E-state index in [0.717, 1.165) is 11.1 Å². The molecule has 0 aliphatic heterocycles. The van der Waals surface area contributed by atoms with Crippen LogP contribution < -0.4 is 0 Å². The van der Waals surface area contributed by atoms with Crippen molar-refractivity contribution < 1.29 is 28.1 Å². The van der Waals surface area contributed by atoms with Gasteiger partial charge >= 0.3 is 5.97 Å². The predicted molar refractivity (Wildman–Crippen MR) is 138 cm³/mol. The molecule has 188 valence electrons. The van der Waals surface area contributed by atoms with Crippen molar-refractivity contribution in [2.75, 3.05) is 7.11 Å². The predicted octanol–water partition coefficient (Wildman–Crippen LogP) is 6.03. The summed E-state index contributed by atoms with van der Waals surface area (Å²) in [6, 6.07) is 15.5. The van der Waals surface area contributed by atoms with Gasteiger partial charge in [-0.05, 0) is 53.3 Å². The van der Waals surface area contributed by atoms with Gasteiger partial charge in [-0.1, -0.05) is 56.7 Å². The third-order valence-corrected chi connectivity index (χ3v) is 7.49. The number of halogens is 1. The first-order valence-electron chi connectivity index (χ1n) is 11.5. The molecule has 6 nitrogen and oxygen atoms in total. The molecule has 1 heterocycles. The Morgan fingerprint density at radius 2 is 1.83 bits per heavy atom. The Hall–Kier alpha value is -3.30. The topological polar surface area (TPSA) is 85.7 Å². The van der Waals surface area contributed by atoms with Crippen LogP contribution in [0.2, 0.25) is 0 Å². The fourth-order valence-electron chi connectivity index (χ4n) is 4.20. The number of aromatic nitrogens is 1. The van der Waals surface area contributed by atoms with E-state index in [1.807, 2.05) is 51.1 Å². The Bertz CT molecular complexity index is 1300. The summed E-state index contributed by atoms with van der Waals surface area (Å²) in [5.74, 6) is -1.39. The van der Waals surface area contributed by atoms with Crippen LogP contribution in [0.15, 0.2) is 54.6 Å². The Kier molecular flexibility index (Phi) is 9.17. The summed E-state index contributed by atoms with van der Waals surface area (Å²) >= 11 is 0. The number of nitrogens with zero attached hydrogens (tertiary/aromatic N) is 1. The average Bonchev–Trinajstić information content (AvgIpc) is 2.84. The van der Waals surface area contributed by atoms with Gasteiger partial charge < -0.3 is 14.4 Å². The molecule has 36 heavy (non-hydrogen) atoms. The molecule has 0 saturated heterocycles. The molecule has 0 radical (unpaired) electrons. The molecule has 1 aromatic heterocycles. The van der Waals surface area contributed by atoms with E-state index in [0.29, 0.717) is 28.1 Å². The summed E-state index contributed by atoms with van der Waals surface area (Å²) in [6.07, 6.45) is 4.91. The molecule has 8 heteroatoms. The maximum atomic E-state index is 13.8. The zero-order valence-electron chi connectivity index (χ0n) is 20.6. The van der Waals surface area contributed by atoms with Crippen LogP contribution in [-0.2, 0) is 18.6 Å². The van der Waals surface area contributed by atoms with Crippen molar-refractivity contribution in [3.05, 3.63) is 77.2 Å². The number of pyridine rings is 1. The molecule has 0 spiro atoms. The minimum atomic E-state index is -2.93. The van der Waals surface area contributed by atoms with Crippen LogP contribution in [0.4, 0.5) is 4.39 Å². The second-order valence-electron chi connectivity index (χ2n) is 8.69. The summed E-state index contributed by atoms with van der Waals surface area (Å²) < 4.78 is 36.8. The number of rotatable bonds is 9. The normalized spacial score (nSPS) is 13.6. The van der Waals surface area contributed by atoms with Gasteiger partial charge in [-0.15, -0.1) is 0 Å². The van der Waals surface area contributed by atoms with Crippen LogP contribution in [0.3, 0.4) is 0 Å². The van der Waals surface area contributed by atoms with Gasteiger partial charge in [-0.25, -0.2) is 4.39 Å². The Balaban J connectivity index is 2.35. The van der Waals surface area contributed by atoms with Gasteiger partial charge in [-0.2, -0.15) is 0 Å². The van der Waals surface area contributed by atoms with Crippen molar-refractivity contribution in [1.29, 1.82) is 0 Å². The van der Waals surface area contributed by atoms with Gasteiger partial charge in [0.25, 0.3) is 0 Å². The largest absolute Gasteiger partial charge is 0.391 e. The highest BCUT2D eigenvalue weighted by atomic mass is 31.1. The molecule has 0 aliphatic rings. The van der Waals surface area contributed by atoms with Crippen molar-refractivity contribution in [3.63, 3.8) is 0 Å². The third kappa shape index (κ3) is 6.09. The van der Waals surface area contributed by atoms with Gasteiger partial charge in [0.15, 0.2) is 0 Å². The van der Waals surface area contributed by atoms with Crippen LogP contribution in [0.1, 0.15) is 48.7 Å². The van der Waals surface area contributed by atoms with Crippen molar-refractivity contribution >= 4 is 14.0 Å². The Morgan fingerprint density at radius 1 is 1.17 bits per heavy atom. The quantitative estimate of drug-likeness (QED) is 0.215. The summed E-state index contributed by atoms with van der Waals surface area (Å²) in [5.41, 5.74) is 3.80. The number of hydrogen-bond donors (Lipinski definition) is 1. The van der Waals surface area contributed by atoms with E-state index >= 15 is 0 Å². The molecule has 3 atom stereocenters. The first kappa shape index (κ1) is 27.3. The molecule has 0 saturated carbocycles. The average molecular weight is 510 g/mol. The van der Waals surface area contributed by atoms with E-state index in [1.165, 1.54) is 19.2 Å². The number of hydrogen-bond acceptors (Lipinski definition) is 6. The fourth-order valence-corrected chi connectivity index (χ4v) is 5.42. The molecule has 3 rings (SSSR count). The molecule has 0 amide bonds. The molecule has 0 bridgehead atoms. The molecule has 2 aromatic carbocycles. The zero-order valence-corrected chi connectivity index (χ0v) is 21.6. The van der Waals surface area contributed by atoms with E-state index in [1.54, 1.807) is 18.2 Å². The lowest BCUT2D eigenvalue weighted by molar-refractivity contribution is -0.139. The minimum Gasteiger partial charge on any atom is -0.391 e. The maximum Gasteiger partial charge on any atom is 0.322 e. The van der Waals surface area contributed by atoms with E-state index in [4.69, 9.17) is 15.9 Å². The number of aliphatic hydroxyl groups is 1.